The molecule has 1 aromatic carbocycles. The fourth-order valence-corrected chi connectivity index (χ4v) is 7.76. The molecule has 3 fully saturated rings. The SMILES string of the molecule is C=CC(=O)N1CCC(n2nc(N3CC[C@@H](CN4CCOCC4)CC3(C)C)c(-c3c(Cl)c(Cl)cc4[nH]ncc34)c2C)CC1. The third-order valence-corrected chi connectivity index (χ3v) is 10.3. The zero-order valence-electron chi connectivity index (χ0n) is 24.8. The van der Waals surface area contributed by atoms with Gasteiger partial charge in [-0.3, -0.25) is 19.5 Å². The standard InChI is InChI=1S/C31H41Cl2N7O2/c1-5-26(41)38-9-7-22(8-10-38)40-20(2)27(28-23-18-34-35-25(23)16-24(32)29(28)33)30(36-40)39-11-6-21(17-31(39,3)4)19-37-12-14-42-15-13-37/h5,16,18,21-22H,1,6-15,17,19H2,2-4H3,(H,34,35)/t21-/m1/s1. The molecule has 3 aliphatic rings. The van der Waals surface area contributed by atoms with Crippen molar-refractivity contribution in [1.82, 2.24) is 29.8 Å². The number of hydrogen-bond acceptors (Lipinski definition) is 6. The Kier molecular flexibility index (Phi) is 8.30. The van der Waals surface area contributed by atoms with E-state index in [1.165, 1.54) is 6.08 Å². The minimum absolute atomic E-state index is 0.0122. The second-order valence-corrected chi connectivity index (χ2v) is 13.4. The molecule has 1 atom stereocenters. The number of piperidine rings is 2. The summed E-state index contributed by atoms with van der Waals surface area (Å²) in [5.41, 5.74) is 3.67. The predicted molar refractivity (Wildman–Crippen MR) is 169 cm³/mol. The summed E-state index contributed by atoms with van der Waals surface area (Å²) in [5.74, 6) is 1.54. The summed E-state index contributed by atoms with van der Waals surface area (Å²) in [7, 11) is 0. The van der Waals surface area contributed by atoms with Crippen LogP contribution in [0.25, 0.3) is 22.0 Å². The number of halogens is 2. The molecule has 6 rings (SSSR count). The fraction of sp³-hybridized carbons (Fsp3) is 0.581. The number of benzene rings is 1. The lowest BCUT2D eigenvalue weighted by molar-refractivity contribution is -0.127. The number of anilines is 1. The molecule has 1 N–H and O–H groups in total. The van der Waals surface area contributed by atoms with Crippen LogP contribution in [0.4, 0.5) is 5.82 Å². The summed E-state index contributed by atoms with van der Waals surface area (Å²) >= 11 is 13.7. The first-order chi connectivity index (χ1) is 20.2. The number of rotatable bonds is 6. The van der Waals surface area contributed by atoms with Crippen LogP contribution in [0, 0.1) is 12.8 Å². The maximum Gasteiger partial charge on any atom is 0.245 e. The average Bonchev–Trinajstić information content (AvgIpc) is 3.57. The lowest BCUT2D eigenvalue weighted by Crippen LogP contribution is -2.53. The van der Waals surface area contributed by atoms with Crippen molar-refractivity contribution in [2.24, 2.45) is 5.92 Å². The molecule has 0 spiro atoms. The van der Waals surface area contributed by atoms with Crippen LogP contribution in [0.1, 0.15) is 51.3 Å². The molecule has 9 nitrogen and oxygen atoms in total. The van der Waals surface area contributed by atoms with E-state index in [1.807, 2.05) is 17.2 Å². The van der Waals surface area contributed by atoms with Crippen LogP contribution >= 0.6 is 23.2 Å². The normalized spacial score (nSPS) is 22.2. The molecule has 0 radical (unpaired) electrons. The zero-order chi connectivity index (χ0) is 29.6. The molecule has 11 heteroatoms. The van der Waals surface area contributed by atoms with Crippen molar-refractivity contribution in [1.29, 1.82) is 0 Å². The molecule has 2 aromatic heterocycles. The largest absolute Gasteiger partial charge is 0.379 e. The van der Waals surface area contributed by atoms with Crippen LogP contribution in [-0.4, -0.2) is 93.7 Å². The van der Waals surface area contributed by atoms with Gasteiger partial charge in [-0.1, -0.05) is 29.8 Å². The van der Waals surface area contributed by atoms with Crippen molar-refractivity contribution < 1.29 is 9.53 Å². The number of aromatic amines is 1. The minimum Gasteiger partial charge on any atom is -0.379 e. The van der Waals surface area contributed by atoms with E-state index in [9.17, 15) is 4.79 Å². The van der Waals surface area contributed by atoms with Crippen molar-refractivity contribution >= 4 is 45.8 Å². The number of hydrogen-bond donors (Lipinski definition) is 1. The van der Waals surface area contributed by atoms with Gasteiger partial charge >= 0.3 is 0 Å². The van der Waals surface area contributed by atoms with E-state index in [-0.39, 0.29) is 17.5 Å². The van der Waals surface area contributed by atoms with Crippen LogP contribution in [0.2, 0.25) is 10.0 Å². The van der Waals surface area contributed by atoms with Gasteiger partial charge in [0.1, 0.15) is 0 Å². The number of fused-ring (bicyclic) bond motifs is 1. The van der Waals surface area contributed by atoms with Gasteiger partial charge in [0.15, 0.2) is 5.82 Å². The number of amides is 1. The fourth-order valence-electron chi connectivity index (χ4n) is 7.31. The maximum absolute atomic E-state index is 12.3. The molecule has 3 aliphatic heterocycles. The summed E-state index contributed by atoms with van der Waals surface area (Å²) in [5, 5.41) is 14.7. The van der Waals surface area contributed by atoms with E-state index in [4.69, 9.17) is 33.0 Å². The van der Waals surface area contributed by atoms with E-state index in [0.29, 0.717) is 29.1 Å². The molecule has 3 saturated heterocycles. The number of aromatic nitrogens is 4. The number of H-pyrrole nitrogens is 1. The average molecular weight is 615 g/mol. The molecule has 226 valence electrons. The van der Waals surface area contributed by atoms with Gasteiger partial charge in [0.05, 0.1) is 41.0 Å². The van der Waals surface area contributed by atoms with Crippen molar-refractivity contribution in [3.63, 3.8) is 0 Å². The first-order valence-corrected chi connectivity index (χ1v) is 15.8. The number of nitrogens with zero attached hydrogens (tertiary/aromatic N) is 6. The van der Waals surface area contributed by atoms with E-state index in [0.717, 1.165) is 98.6 Å². The number of morpholine rings is 1. The van der Waals surface area contributed by atoms with E-state index >= 15 is 0 Å². The zero-order valence-corrected chi connectivity index (χ0v) is 26.3. The van der Waals surface area contributed by atoms with Crippen LogP contribution in [-0.2, 0) is 9.53 Å². The Morgan fingerprint density at radius 3 is 2.57 bits per heavy atom. The second kappa shape index (κ2) is 11.8. The van der Waals surface area contributed by atoms with Crippen LogP contribution in [0.3, 0.4) is 0 Å². The summed E-state index contributed by atoms with van der Waals surface area (Å²) in [6.45, 7) is 17.5. The molecular weight excluding hydrogens is 573 g/mol. The van der Waals surface area contributed by atoms with Gasteiger partial charge in [-0.15, -0.1) is 0 Å². The highest BCUT2D eigenvalue weighted by molar-refractivity contribution is 6.45. The monoisotopic (exact) mass is 613 g/mol. The quantitative estimate of drug-likeness (QED) is 0.358. The summed E-state index contributed by atoms with van der Waals surface area (Å²) in [6, 6.07) is 2.01. The van der Waals surface area contributed by atoms with Crippen molar-refractivity contribution in [3.05, 3.63) is 40.7 Å². The van der Waals surface area contributed by atoms with E-state index in [1.54, 1.807) is 0 Å². The molecule has 1 amide bonds. The van der Waals surface area contributed by atoms with Crippen LogP contribution in [0.5, 0.6) is 0 Å². The van der Waals surface area contributed by atoms with Gasteiger partial charge in [-0.05, 0) is 64.5 Å². The van der Waals surface area contributed by atoms with Crippen molar-refractivity contribution in [2.75, 3.05) is 57.4 Å². The molecule has 0 aliphatic carbocycles. The Balaban J connectivity index is 1.39. The first-order valence-electron chi connectivity index (χ1n) is 15.1. The lowest BCUT2D eigenvalue weighted by atomic mass is 9.82. The maximum atomic E-state index is 12.3. The highest BCUT2D eigenvalue weighted by atomic mass is 35.5. The van der Waals surface area contributed by atoms with Gasteiger partial charge in [-0.25, -0.2) is 0 Å². The minimum atomic E-state index is -0.115. The highest BCUT2D eigenvalue weighted by Gasteiger charge is 2.40. The highest BCUT2D eigenvalue weighted by Crippen LogP contribution is 2.48. The Morgan fingerprint density at radius 2 is 1.88 bits per heavy atom. The Hall–Kier alpha value is -2.59. The molecular formula is C31H41Cl2N7O2. The van der Waals surface area contributed by atoms with Gasteiger partial charge in [0.25, 0.3) is 0 Å². The third kappa shape index (κ3) is 5.45. The molecule has 0 bridgehead atoms. The van der Waals surface area contributed by atoms with Gasteiger partial charge < -0.3 is 14.5 Å². The number of ether oxygens (including phenoxy) is 1. The number of likely N-dealkylation sites (tertiary alicyclic amines) is 1. The second-order valence-electron chi connectivity index (χ2n) is 12.6. The Bertz CT molecular complexity index is 1470. The predicted octanol–water partition coefficient (Wildman–Crippen LogP) is 5.72. The summed E-state index contributed by atoms with van der Waals surface area (Å²) < 4.78 is 7.76. The molecule has 0 saturated carbocycles. The van der Waals surface area contributed by atoms with Crippen LogP contribution in [0.15, 0.2) is 24.9 Å². The number of carbonyl (C=O) groups excluding carboxylic acids is 1. The van der Waals surface area contributed by atoms with Crippen molar-refractivity contribution in [2.45, 2.75) is 58.0 Å². The number of carbonyl (C=O) groups is 1. The topological polar surface area (TPSA) is 82.5 Å². The summed E-state index contributed by atoms with van der Waals surface area (Å²) in [4.78, 5) is 19.2. The third-order valence-electron chi connectivity index (χ3n) is 9.47. The molecule has 5 heterocycles. The molecule has 0 unspecified atom stereocenters. The van der Waals surface area contributed by atoms with E-state index < -0.39 is 0 Å². The number of nitrogens with one attached hydrogen (secondary N) is 1. The van der Waals surface area contributed by atoms with Gasteiger partial charge in [-0.2, -0.15) is 10.2 Å². The van der Waals surface area contributed by atoms with Crippen molar-refractivity contribution in [3.8, 4) is 11.1 Å². The molecule has 3 aromatic rings. The first kappa shape index (κ1) is 29.5. The Morgan fingerprint density at radius 1 is 1.14 bits per heavy atom. The smallest absolute Gasteiger partial charge is 0.245 e. The van der Waals surface area contributed by atoms with Gasteiger partial charge in [0.2, 0.25) is 5.91 Å². The van der Waals surface area contributed by atoms with E-state index in [2.05, 4.69) is 52.0 Å². The molecule has 42 heavy (non-hydrogen) atoms. The summed E-state index contributed by atoms with van der Waals surface area (Å²) in [6.07, 6.45) is 7.05. The van der Waals surface area contributed by atoms with Crippen LogP contribution < -0.4 is 4.90 Å². The Labute approximate surface area is 257 Å². The lowest BCUT2D eigenvalue weighted by Gasteiger charge is -2.47. The van der Waals surface area contributed by atoms with Gasteiger partial charge in [0, 0.05) is 67.0 Å².